The lowest BCUT2D eigenvalue weighted by molar-refractivity contribution is 0.301. The molecular weight excluding hydrogens is 231 g/mol. The SMILES string of the molecule is Cc1nc(COc2ccc(F)cc2)cn1C(C)C. The van der Waals surface area contributed by atoms with E-state index in [4.69, 9.17) is 4.74 Å². The molecule has 0 aliphatic carbocycles. The molecule has 0 unspecified atom stereocenters. The molecule has 1 aromatic heterocycles. The first-order chi connectivity index (χ1) is 8.56. The smallest absolute Gasteiger partial charge is 0.132 e. The van der Waals surface area contributed by atoms with Crippen molar-refractivity contribution in [1.29, 1.82) is 0 Å². The Morgan fingerprint density at radius 1 is 1.28 bits per heavy atom. The van der Waals surface area contributed by atoms with Crippen LogP contribution in [0, 0.1) is 12.7 Å². The van der Waals surface area contributed by atoms with Crippen LogP contribution in [-0.2, 0) is 6.61 Å². The number of hydrogen-bond donors (Lipinski definition) is 0. The summed E-state index contributed by atoms with van der Waals surface area (Å²) in [5.74, 6) is 1.36. The molecule has 1 heterocycles. The summed E-state index contributed by atoms with van der Waals surface area (Å²) < 4.78 is 20.4. The van der Waals surface area contributed by atoms with Gasteiger partial charge in [-0.15, -0.1) is 0 Å². The normalized spacial score (nSPS) is 10.9. The minimum Gasteiger partial charge on any atom is -0.487 e. The van der Waals surface area contributed by atoms with Gasteiger partial charge in [0.1, 0.15) is 24.0 Å². The fraction of sp³-hybridized carbons (Fsp3) is 0.357. The maximum atomic E-state index is 12.7. The van der Waals surface area contributed by atoms with Gasteiger partial charge in [-0.1, -0.05) is 0 Å². The van der Waals surface area contributed by atoms with Crippen LogP contribution < -0.4 is 4.74 Å². The predicted octanol–water partition coefficient (Wildman–Crippen LogP) is 3.49. The Balaban J connectivity index is 2.02. The van der Waals surface area contributed by atoms with Gasteiger partial charge < -0.3 is 9.30 Å². The van der Waals surface area contributed by atoms with Crippen LogP contribution in [0.3, 0.4) is 0 Å². The van der Waals surface area contributed by atoms with Crippen molar-refractivity contribution in [3.8, 4) is 5.75 Å². The molecule has 0 saturated carbocycles. The van der Waals surface area contributed by atoms with Crippen molar-refractivity contribution in [3.63, 3.8) is 0 Å². The highest BCUT2D eigenvalue weighted by molar-refractivity contribution is 5.22. The number of aryl methyl sites for hydroxylation is 1. The number of imidazole rings is 1. The summed E-state index contributed by atoms with van der Waals surface area (Å²) in [6, 6.07) is 6.38. The molecule has 0 spiro atoms. The maximum absolute atomic E-state index is 12.7. The molecule has 0 saturated heterocycles. The fourth-order valence-corrected chi connectivity index (χ4v) is 1.83. The van der Waals surface area contributed by atoms with Crippen LogP contribution in [0.5, 0.6) is 5.75 Å². The van der Waals surface area contributed by atoms with Crippen molar-refractivity contribution in [1.82, 2.24) is 9.55 Å². The number of benzene rings is 1. The molecule has 3 nitrogen and oxygen atoms in total. The summed E-state index contributed by atoms with van der Waals surface area (Å²) in [6.07, 6.45) is 1.99. The van der Waals surface area contributed by atoms with Crippen LogP contribution in [0.25, 0.3) is 0 Å². The van der Waals surface area contributed by atoms with Gasteiger partial charge in [-0.25, -0.2) is 9.37 Å². The van der Waals surface area contributed by atoms with E-state index in [0.717, 1.165) is 11.5 Å². The molecule has 0 fully saturated rings. The van der Waals surface area contributed by atoms with Crippen LogP contribution in [0.4, 0.5) is 4.39 Å². The van der Waals surface area contributed by atoms with Gasteiger partial charge in [0.05, 0.1) is 5.69 Å². The topological polar surface area (TPSA) is 27.1 Å². The lowest BCUT2D eigenvalue weighted by Crippen LogP contribution is -2.00. The zero-order valence-corrected chi connectivity index (χ0v) is 10.9. The molecule has 0 amide bonds. The van der Waals surface area contributed by atoms with E-state index in [2.05, 4.69) is 23.4 Å². The molecular formula is C14H17FN2O. The summed E-state index contributed by atoms with van der Waals surface area (Å²) >= 11 is 0. The van der Waals surface area contributed by atoms with Crippen molar-refractivity contribution in [2.45, 2.75) is 33.4 Å². The van der Waals surface area contributed by atoms with Gasteiger partial charge in [0, 0.05) is 12.2 Å². The Bertz CT molecular complexity index is 517. The highest BCUT2D eigenvalue weighted by atomic mass is 19.1. The second kappa shape index (κ2) is 5.21. The molecule has 0 aliphatic rings. The number of nitrogens with zero attached hydrogens (tertiary/aromatic N) is 2. The van der Waals surface area contributed by atoms with E-state index in [-0.39, 0.29) is 5.82 Å². The first-order valence-corrected chi connectivity index (χ1v) is 5.99. The summed E-state index contributed by atoms with van der Waals surface area (Å²) in [5.41, 5.74) is 0.880. The summed E-state index contributed by atoms with van der Waals surface area (Å²) in [7, 11) is 0. The quantitative estimate of drug-likeness (QED) is 0.828. The molecule has 0 radical (unpaired) electrons. The number of ether oxygens (including phenoxy) is 1. The Morgan fingerprint density at radius 2 is 1.94 bits per heavy atom. The third kappa shape index (κ3) is 2.88. The third-order valence-electron chi connectivity index (χ3n) is 2.72. The Morgan fingerprint density at radius 3 is 2.50 bits per heavy atom. The zero-order valence-electron chi connectivity index (χ0n) is 10.9. The largest absolute Gasteiger partial charge is 0.487 e. The van der Waals surface area contributed by atoms with Gasteiger partial charge in [-0.3, -0.25) is 0 Å². The highest BCUT2D eigenvalue weighted by Crippen LogP contribution is 2.15. The molecule has 0 N–H and O–H groups in total. The number of halogens is 1. The molecule has 2 aromatic rings. The molecule has 4 heteroatoms. The van der Waals surface area contributed by atoms with E-state index in [9.17, 15) is 4.39 Å². The number of rotatable bonds is 4. The Kier molecular flexibility index (Phi) is 3.65. The maximum Gasteiger partial charge on any atom is 0.132 e. The average Bonchev–Trinajstić information content (AvgIpc) is 2.70. The van der Waals surface area contributed by atoms with Gasteiger partial charge in [0.25, 0.3) is 0 Å². The molecule has 2 rings (SSSR count). The van der Waals surface area contributed by atoms with Crippen molar-refractivity contribution < 1.29 is 9.13 Å². The van der Waals surface area contributed by atoms with Gasteiger partial charge in [0.15, 0.2) is 0 Å². The van der Waals surface area contributed by atoms with E-state index in [1.165, 1.54) is 12.1 Å². The van der Waals surface area contributed by atoms with Gasteiger partial charge in [-0.2, -0.15) is 0 Å². The summed E-state index contributed by atoms with van der Waals surface area (Å²) in [6.45, 7) is 6.59. The lowest BCUT2D eigenvalue weighted by Gasteiger charge is -2.07. The monoisotopic (exact) mass is 248 g/mol. The highest BCUT2D eigenvalue weighted by Gasteiger charge is 2.07. The minimum atomic E-state index is -0.262. The van der Waals surface area contributed by atoms with E-state index >= 15 is 0 Å². The van der Waals surface area contributed by atoms with E-state index in [1.54, 1.807) is 12.1 Å². The van der Waals surface area contributed by atoms with Gasteiger partial charge in [0.2, 0.25) is 0 Å². The summed E-state index contributed by atoms with van der Waals surface area (Å²) in [5, 5.41) is 0. The van der Waals surface area contributed by atoms with E-state index in [0.29, 0.717) is 18.4 Å². The first kappa shape index (κ1) is 12.6. The minimum absolute atomic E-state index is 0.262. The number of hydrogen-bond acceptors (Lipinski definition) is 2. The van der Waals surface area contributed by atoms with Crippen LogP contribution >= 0.6 is 0 Å². The van der Waals surface area contributed by atoms with Crippen LogP contribution in [0.1, 0.15) is 31.4 Å². The van der Waals surface area contributed by atoms with Crippen molar-refractivity contribution in [2.24, 2.45) is 0 Å². The average molecular weight is 248 g/mol. The van der Waals surface area contributed by atoms with Crippen LogP contribution in [0.15, 0.2) is 30.5 Å². The number of aromatic nitrogens is 2. The van der Waals surface area contributed by atoms with Crippen LogP contribution in [0.2, 0.25) is 0 Å². The predicted molar refractivity (Wildman–Crippen MR) is 68.1 cm³/mol. The lowest BCUT2D eigenvalue weighted by atomic mass is 10.3. The summed E-state index contributed by atoms with van der Waals surface area (Å²) in [4.78, 5) is 4.43. The Hall–Kier alpha value is -1.84. The molecule has 0 atom stereocenters. The Labute approximate surface area is 106 Å². The van der Waals surface area contributed by atoms with Gasteiger partial charge >= 0.3 is 0 Å². The molecule has 96 valence electrons. The molecule has 0 aliphatic heterocycles. The third-order valence-corrected chi connectivity index (χ3v) is 2.72. The van der Waals surface area contributed by atoms with E-state index < -0.39 is 0 Å². The standard InChI is InChI=1S/C14H17FN2O/c1-10(2)17-8-13(16-11(17)3)9-18-14-6-4-12(15)5-7-14/h4-8,10H,9H2,1-3H3. The second-order valence-corrected chi connectivity index (χ2v) is 4.52. The molecule has 1 aromatic carbocycles. The van der Waals surface area contributed by atoms with Crippen molar-refractivity contribution in [2.75, 3.05) is 0 Å². The fourth-order valence-electron chi connectivity index (χ4n) is 1.83. The van der Waals surface area contributed by atoms with Crippen LogP contribution in [-0.4, -0.2) is 9.55 Å². The zero-order chi connectivity index (χ0) is 13.1. The van der Waals surface area contributed by atoms with E-state index in [1.807, 2.05) is 13.1 Å². The van der Waals surface area contributed by atoms with Crippen molar-refractivity contribution >= 4 is 0 Å². The first-order valence-electron chi connectivity index (χ1n) is 5.99. The molecule has 18 heavy (non-hydrogen) atoms. The van der Waals surface area contributed by atoms with Gasteiger partial charge in [-0.05, 0) is 45.0 Å². The second-order valence-electron chi connectivity index (χ2n) is 4.52. The molecule has 0 bridgehead atoms. The van der Waals surface area contributed by atoms with Crippen molar-refractivity contribution in [3.05, 3.63) is 47.8 Å².